The van der Waals surface area contributed by atoms with Crippen LogP contribution in [-0.2, 0) is 9.53 Å². The van der Waals surface area contributed by atoms with Gasteiger partial charge in [0.05, 0.1) is 13.2 Å². The molecule has 7 nitrogen and oxygen atoms in total. The van der Waals surface area contributed by atoms with Crippen molar-refractivity contribution in [1.29, 1.82) is 0 Å². The molecule has 2 atom stereocenters. The lowest BCUT2D eigenvalue weighted by Crippen LogP contribution is -2.44. The van der Waals surface area contributed by atoms with E-state index in [0.717, 1.165) is 6.54 Å². The lowest BCUT2D eigenvalue weighted by molar-refractivity contribution is -0.123. The Morgan fingerprint density at radius 2 is 2.36 bits per heavy atom. The lowest BCUT2D eigenvalue weighted by Gasteiger charge is -2.23. The average Bonchev–Trinajstić information content (AvgIpc) is 3.08. The van der Waals surface area contributed by atoms with Crippen LogP contribution in [0.4, 0.5) is 4.39 Å². The molecule has 0 saturated carbocycles. The molecule has 2 N–H and O–H groups in total. The molecular formula is C17H21FN4O3. The van der Waals surface area contributed by atoms with Crippen molar-refractivity contribution in [2.75, 3.05) is 19.8 Å². The fourth-order valence-corrected chi connectivity index (χ4v) is 2.60. The van der Waals surface area contributed by atoms with Gasteiger partial charge < -0.3 is 19.9 Å². The second-order valence-electron chi connectivity index (χ2n) is 6.14. The molecular weight excluding hydrogens is 327 g/mol. The minimum Gasteiger partial charge on any atom is -0.378 e. The molecule has 1 aliphatic rings. The molecule has 0 bridgehead atoms. The highest BCUT2D eigenvalue weighted by atomic mass is 19.1. The Morgan fingerprint density at radius 1 is 1.52 bits per heavy atom. The van der Waals surface area contributed by atoms with E-state index in [1.165, 1.54) is 6.07 Å². The van der Waals surface area contributed by atoms with Crippen LogP contribution in [-0.4, -0.2) is 41.8 Å². The summed E-state index contributed by atoms with van der Waals surface area (Å²) in [4.78, 5) is 16.4. The summed E-state index contributed by atoms with van der Waals surface area (Å²) in [5, 5.41) is 9.91. The first-order valence-electron chi connectivity index (χ1n) is 8.23. The largest absolute Gasteiger partial charge is 0.378 e. The Hall–Kier alpha value is -2.32. The zero-order chi connectivity index (χ0) is 17.8. The summed E-state index contributed by atoms with van der Waals surface area (Å²) in [5.74, 6) is 0.110. The summed E-state index contributed by atoms with van der Waals surface area (Å²) in [6.45, 7) is 5.37. The SMILES string of the molecule is Cc1ccc(-c2noc(C(C)NC(=O)CC3COCCN3)n2)cc1F. The molecule has 0 aliphatic carbocycles. The molecule has 2 unspecified atom stereocenters. The van der Waals surface area contributed by atoms with E-state index in [0.29, 0.717) is 30.8 Å². The van der Waals surface area contributed by atoms with Crippen LogP contribution < -0.4 is 10.6 Å². The summed E-state index contributed by atoms with van der Waals surface area (Å²) >= 11 is 0. The lowest BCUT2D eigenvalue weighted by atomic mass is 10.1. The van der Waals surface area contributed by atoms with Crippen molar-refractivity contribution in [1.82, 2.24) is 20.8 Å². The maximum atomic E-state index is 13.7. The van der Waals surface area contributed by atoms with E-state index in [-0.39, 0.29) is 29.5 Å². The number of carbonyl (C=O) groups excluding carboxylic acids is 1. The molecule has 1 amide bonds. The highest BCUT2D eigenvalue weighted by molar-refractivity contribution is 5.77. The van der Waals surface area contributed by atoms with Crippen molar-refractivity contribution >= 4 is 5.91 Å². The number of halogens is 1. The zero-order valence-corrected chi connectivity index (χ0v) is 14.2. The van der Waals surface area contributed by atoms with Crippen molar-refractivity contribution < 1.29 is 18.4 Å². The van der Waals surface area contributed by atoms with Crippen LogP contribution in [0.2, 0.25) is 0 Å². The highest BCUT2D eigenvalue weighted by Gasteiger charge is 2.21. The van der Waals surface area contributed by atoms with Crippen molar-refractivity contribution in [3.8, 4) is 11.4 Å². The van der Waals surface area contributed by atoms with E-state index < -0.39 is 6.04 Å². The molecule has 2 aromatic rings. The van der Waals surface area contributed by atoms with Gasteiger partial charge in [-0.1, -0.05) is 17.3 Å². The van der Waals surface area contributed by atoms with E-state index in [1.54, 1.807) is 26.0 Å². The maximum absolute atomic E-state index is 13.7. The van der Waals surface area contributed by atoms with Gasteiger partial charge in [-0.3, -0.25) is 4.79 Å². The predicted octanol–water partition coefficient (Wildman–Crippen LogP) is 1.74. The van der Waals surface area contributed by atoms with Crippen LogP contribution in [0.3, 0.4) is 0 Å². The third-order valence-corrected chi connectivity index (χ3v) is 4.05. The number of benzene rings is 1. The summed E-state index contributed by atoms with van der Waals surface area (Å²) < 4.78 is 24.2. The first-order valence-corrected chi connectivity index (χ1v) is 8.23. The Balaban J connectivity index is 1.60. The molecule has 1 aromatic heterocycles. The minimum atomic E-state index is -0.437. The van der Waals surface area contributed by atoms with Gasteiger partial charge in [-0.05, 0) is 25.5 Å². The number of morpholine rings is 1. The number of amides is 1. The van der Waals surface area contributed by atoms with Gasteiger partial charge in [0.1, 0.15) is 11.9 Å². The fourth-order valence-electron chi connectivity index (χ4n) is 2.60. The van der Waals surface area contributed by atoms with E-state index in [9.17, 15) is 9.18 Å². The van der Waals surface area contributed by atoms with Crippen LogP contribution in [0.5, 0.6) is 0 Å². The quantitative estimate of drug-likeness (QED) is 0.856. The maximum Gasteiger partial charge on any atom is 0.249 e. The van der Waals surface area contributed by atoms with Gasteiger partial charge in [0.25, 0.3) is 0 Å². The normalized spacial score (nSPS) is 18.8. The number of hydrogen-bond acceptors (Lipinski definition) is 6. The van der Waals surface area contributed by atoms with Crippen molar-refractivity contribution in [2.45, 2.75) is 32.4 Å². The van der Waals surface area contributed by atoms with E-state index in [2.05, 4.69) is 20.8 Å². The van der Waals surface area contributed by atoms with E-state index in [1.807, 2.05) is 0 Å². The number of ether oxygens (including phenoxy) is 1. The predicted molar refractivity (Wildman–Crippen MR) is 88.2 cm³/mol. The molecule has 1 aromatic carbocycles. The topological polar surface area (TPSA) is 89.3 Å². The number of aromatic nitrogens is 2. The molecule has 8 heteroatoms. The van der Waals surface area contributed by atoms with Crippen molar-refractivity contribution in [3.05, 3.63) is 35.5 Å². The molecule has 3 rings (SSSR count). The molecule has 1 aliphatic heterocycles. The zero-order valence-electron chi connectivity index (χ0n) is 14.2. The monoisotopic (exact) mass is 348 g/mol. The van der Waals surface area contributed by atoms with E-state index >= 15 is 0 Å². The molecule has 0 spiro atoms. The number of aryl methyl sites for hydroxylation is 1. The van der Waals surface area contributed by atoms with Gasteiger partial charge in [-0.15, -0.1) is 0 Å². The Morgan fingerprint density at radius 3 is 3.08 bits per heavy atom. The first kappa shape index (κ1) is 17.5. The van der Waals surface area contributed by atoms with Gasteiger partial charge in [-0.2, -0.15) is 4.98 Å². The van der Waals surface area contributed by atoms with Crippen LogP contribution in [0.15, 0.2) is 22.7 Å². The first-order chi connectivity index (χ1) is 12.0. The molecule has 1 saturated heterocycles. The average molecular weight is 348 g/mol. The van der Waals surface area contributed by atoms with Gasteiger partial charge in [0.15, 0.2) is 0 Å². The summed E-state index contributed by atoms with van der Waals surface area (Å²) in [7, 11) is 0. The fraction of sp³-hybridized carbons (Fsp3) is 0.471. The van der Waals surface area contributed by atoms with Crippen LogP contribution in [0.1, 0.15) is 30.8 Å². The third kappa shape index (κ3) is 4.40. The Bertz CT molecular complexity index is 743. The molecule has 2 heterocycles. The van der Waals surface area contributed by atoms with Crippen molar-refractivity contribution in [2.24, 2.45) is 0 Å². The van der Waals surface area contributed by atoms with Gasteiger partial charge >= 0.3 is 0 Å². The highest BCUT2D eigenvalue weighted by Crippen LogP contribution is 2.21. The van der Waals surface area contributed by atoms with Crippen LogP contribution in [0.25, 0.3) is 11.4 Å². The smallest absolute Gasteiger partial charge is 0.249 e. The van der Waals surface area contributed by atoms with E-state index in [4.69, 9.17) is 9.26 Å². The summed E-state index contributed by atoms with van der Waals surface area (Å²) in [6, 6.07) is 4.32. The molecule has 0 radical (unpaired) electrons. The number of nitrogens with zero attached hydrogens (tertiary/aromatic N) is 2. The molecule has 1 fully saturated rings. The number of carbonyl (C=O) groups is 1. The summed E-state index contributed by atoms with van der Waals surface area (Å²) in [6.07, 6.45) is 0.314. The van der Waals surface area contributed by atoms with Gasteiger partial charge in [0.2, 0.25) is 17.6 Å². The van der Waals surface area contributed by atoms with Gasteiger partial charge in [0, 0.05) is 24.6 Å². The number of hydrogen-bond donors (Lipinski definition) is 2. The van der Waals surface area contributed by atoms with Crippen LogP contribution in [0, 0.1) is 12.7 Å². The second kappa shape index (κ2) is 7.71. The minimum absolute atomic E-state index is 0.00901. The third-order valence-electron chi connectivity index (χ3n) is 4.05. The van der Waals surface area contributed by atoms with Crippen molar-refractivity contribution in [3.63, 3.8) is 0 Å². The second-order valence-corrected chi connectivity index (χ2v) is 6.14. The number of nitrogens with one attached hydrogen (secondary N) is 2. The number of rotatable bonds is 5. The van der Waals surface area contributed by atoms with Crippen LogP contribution >= 0.6 is 0 Å². The standard InChI is InChI=1S/C17H21FN4O3/c1-10-3-4-12(7-14(10)18)16-21-17(25-22-16)11(2)20-15(23)8-13-9-24-6-5-19-13/h3-4,7,11,13,19H,5-6,8-9H2,1-2H3,(H,20,23). The Labute approximate surface area is 144 Å². The van der Waals surface area contributed by atoms with Gasteiger partial charge in [-0.25, -0.2) is 4.39 Å². The Kier molecular flexibility index (Phi) is 5.40. The molecule has 25 heavy (non-hydrogen) atoms. The molecule has 134 valence electrons. The summed E-state index contributed by atoms with van der Waals surface area (Å²) in [5.41, 5.74) is 1.08.